The molecule has 2 amide bonds. The van der Waals surface area contributed by atoms with Crippen LogP contribution in [-0.2, 0) is 22.6 Å². The highest BCUT2D eigenvalue weighted by atomic mass is 16.5. The Labute approximate surface area is 181 Å². The molecule has 0 bridgehead atoms. The number of benzene rings is 3. The van der Waals surface area contributed by atoms with E-state index in [1.807, 2.05) is 72.5 Å². The van der Waals surface area contributed by atoms with E-state index in [2.05, 4.69) is 5.32 Å². The van der Waals surface area contributed by atoms with Crippen LogP contribution in [0.2, 0.25) is 0 Å². The molecule has 3 N–H and O–H groups in total. The molecular formula is C25H25N3O3. The number of carbonyl (C=O) groups excluding carboxylic acids is 2. The molecule has 3 aromatic rings. The lowest BCUT2D eigenvalue weighted by atomic mass is 9.93. The molecule has 0 unspecified atom stereocenters. The molecule has 0 fully saturated rings. The molecular weight excluding hydrogens is 390 g/mol. The number of carbonyl (C=O) groups is 2. The number of nitrogens with one attached hydrogen (secondary N) is 1. The normalized spacial score (nSPS) is 15.7. The van der Waals surface area contributed by atoms with Crippen LogP contribution in [0.4, 0.5) is 5.69 Å². The summed E-state index contributed by atoms with van der Waals surface area (Å²) in [6.07, 6.45) is 0.506. The van der Waals surface area contributed by atoms with E-state index in [9.17, 15) is 9.59 Å². The lowest BCUT2D eigenvalue weighted by Crippen LogP contribution is -2.50. The number of nitrogens with two attached hydrogens (primary N) is 1. The fourth-order valence-electron chi connectivity index (χ4n) is 3.79. The summed E-state index contributed by atoms with van der Waals surface area (Å²) in [5, 5.41) is 2.92. The van der Waals surface area contributed by atoms with Crippen LogP contribution in [0.25, 0.3) is 0 Å². The van der Waals surface area contributed by atoms with Crippen LogP contribution in [0, 0.1) is 6.92 Å². The number of amides is 2. The largest absolute Gasteiger partial charge is 0.455 e. The highest BCUT2D eigenvalue weighted by Gasteiger charge is 2.31. The Morgan fingerprint density at radius 2 is 1.68 bits per heavy atom. The van der Waals surface area contributed by atoms with Gasteiger partial charge in [0.1, 0.15) is 5.75 Å². The van der Waals surface area contributed by atoms with Gasteiger partial charge in [0.15, 0.2) is 5.75 Å². The van der Waals surface area contributed by atoms with E-state index < -0.39 is 11.9 Å². The predicted molar refractivity (Wildman–Crippen MR) is 120 cm³/mol. The van der Waals surface area contributed by atoms with Crippen LogP contribution < -0.4 is 15.8 Å². The number of nitrogens with zero attached hydrogens (tertiary/aromatic N) is 1. The minimum absolute atomic E-state index is 0.0564. The number of rotatable bonds is 6. The standard InChI is InChI=1S/C25H25N3O3/c1-17-10-12-20(13-11-17)31-23-9-5-4-8-21(23)27-24(29)16-28-15-19-7-3-2-6-18(19)14-22(28)25(26)30/h2-13,22H,14-16H2,1H3,(H2,26,30)(H,27,29)/t22-/m0/s1. The van der Waals surface area contributed by atoms with Gasteiger partial charge in [-0.05, 0) is 48.7 Å². The third kappa shape index (κ3) is 4.92. The van der Waals surface area contributed by atoms with Crippen LogP contribution in [0.3, 0.4) is 0 Å². The van der Waals surface area contributed by atoms with Crippen LogP contribution >= 0.6 is 0 Å². The molecule has 4 rings (SSSR count). The van der Waals surface area contributed by atoms with E-state index in [4.69, 9.17) is 10.5 Å². The van der Waals surface area contributed by atoms with Crippen molar-refractivity contribution in [3.8, 4) is 11.5 Å². The van der Waals surface area contributed by atoms with Crippen molar-refractivity contribution in [1.29, 1.82) is 0 Å². The smallest absolute Gasteiger partial charge is 0.238 e. The maximum Gasteiger partial charge on any atom is 0.238 e. The lowest BCUT2D eigenvalue weighted by molar-refractivity contribution is -0.125. The Kier molecular flexibility index (Phi) is 6.00. The average molecular weight is 415 g/mol. The van der Waals surface area contributed by atoms with Gasteiger partial charge in [-0.1, -0.05) is 54.1 Å². The Hall–Kier alpha value is -3.64. The van der Waals surface area contributed by atoms with E-state index in [0.29, 0.717) is 30.2 Å². The second-order valence-corrected chi connectivity index (χ2v) is 7.76. The maximum atomic E-state index is 12.8. The van der Waals surface area contributed by atoms with E-state index in [0.717, 1.165) is 16.7 Å². The predicted octanol–water partition coefficient (Wildman–Crippen LogP) is 3.64. The zero-order valence-corrected chi connectivity index (χ0v) is 17.4. The van der Waals surface area contributed by atoms with Gasteiger partial charge in [0.2, 0.25) is 11.8 Å². The maximum absolute atomic E-state index is 12.8. The Morgan fingerprint density at radius 1 is 1.00 bits per heavy atom. The molecule has 1 aliphatic heterocycles. The molecule has 1 heterocycles. The minimum atomic E-state index is -0.514. The Balaban J connectivity index is 1.47. The van der Waals surface area contributed by atoms with Gasteiger partial charge in [0.05, 0.1) is 18.3 Å². The second kappa shape index (κ2) is 9.02. The number of hydrogen-bond donors (Lipinski definition) is 2. The zero-order valence-electron chi connectivity index (χ0n) is 17.4. The van der Waals surface area contributed by atoms with Crippen molar-refractivity contribution >= 4 is 17.5 Å². The van der Waals surface area contributed by atoms with E-state index in [1.165, 1.54) is 0 Å². The fraction of sp³-hybridized carbons (Fsp3) is 0.200. The van der Waals surface area contributed by atoms with Crippen LogP contribution in [-0.4, -0.2) is 29.3 Å². The number of primary amides is 1. The summed E-state index contributed by atoms with van der Waals surface area (Å²) in [7, 11) is 0. The van der Waals surface area contributed by atoms with Crippen LogP contribution in [0.15, 0.2) is 72.8 Å². The quantitative estimate of drug-likeness (QED) is 0.644. The summed E-state index contributed by atoms with van der Waals surface area (Å²) in [6.45, 7) is 2.57. The minimum Gasteiger partial charge on any atom is -0.455 e. The summed E-state index contributed by atoms with van der Waals surface area (Å²) in [6, 6.07) is 22.4. The molecule has 1 atom stereocenters. The first-order chi connectivity index (χ1) is 15.0. The molecule has 3 aromatic carbocycles. The van der Waals surface area contributed by atoms with Gasteiger partial charge < -0.3 is 15.8 Å². The molecule has 158 valence electrons. The van der Waals surface area contributed by atoms with Gasteiger partial charge in [0.25, 0.3) is 0 Å². The first-order valence-corrected chi connectivity index (χ1v) is 10.2. The molecule has 0 aliphatic carbocycles. The molecule has 0 saturated carbocycles. The van der Waals surface area contributed by atoms with Gasteiger partial charge >= 0.3 is 0 Å². The SMILES string of the molecule is Cc1ccc(Oc2ccccc2NC(=O)CN2Cc3ccccc3C[C@H]2C(N)=O)cc1. The van der Waals surface area contributed by atoms with Crippen molar-refractivity contribution in [2.75, 3.05) is 11.9 Å². The third-order valence-electron chi connectivity index (χ3n) is 5.43. The monoisotopic (exact) mass is 415 g/mol. The summed E-state index contributed by atoms with van der Waals surface area (Å²) in [4.78, 5) is 26.7. The highest BCUT2D eigenvalue weighted by Crippen LogP contribution is 2.30. The number of aryl methyl sites for hydroxylation is 1. The molecule has 0 spiro atoms. The molecule has 31 heavy (non-hydrogen) atoms. The van der Waals surface area contributed by atoms with Gasteiger partial charge in [-0.25, -0.2) is 0 Å². The van der Waals surface area contributed by atoms with Crippen molar-refractivity contribution in [3.05, 3.63) is 89.5 Å². The first-order valence-electron chi connectivity index (χ1n) is 10.2. The third-order valence-corrected chi connectivity index (χ3v) is 5.43. The summed E-state index contributed by atoms with van der Waals surface area (Å²) in [5.41, 5.74) is 9.55. The number of anilines is 1. The van der Waals surface area contributed by atoms with Crippen molar-refractivity contribution in [2.45, 2.75) is 25.9 Å². The molecule has 1 aliphatic rings. The summed E-state index contributed by atoms with van der Waals surface area (Å²) < 4.78 is 5.96. The zero-order chi connectivity index (χ0) is 21.8. The van der Waals surface area contributed by atoms with Gasteiger partial charge in [-0.2, -0.15) is 0 Å². The van der Waals surface area contributed by atoms with Crippen molar-refractivity contribution in [2.24, 2.45) is 5.73 Å². The fourth-order valence-corrected chi connectivity index (χ4v) is 3.79. The topological polar surface area (TPSA) is 84.7 Å². The Bertz CT molecular complexity index is 1100. The second-order valence-electron chi connectivity index (χ2n) is 7.76. The van der Waals surface area contributed by atoms with Crippen LogP contribution in [0.1, 0.15) is 16.7 Å². The van der Waals surface area contributed by atoms with Crippen molar-refractivity contribution in [3.63, 3.8) is 0 Å². The van der Waals surface area contributed by atoms with Gasteiger partial charge in [-0.3, -0.25) is 14.5 Å². The Morgan fingerprint density at radius 3 is 2.42 bits per heavy atom. The van der Waals surface area contributed by atoms with E-state index in [1.54, 1.807) is 12.1 Å². The van der Waals surface area contributed by atoms with Crippen LogP contribution in [0.5, 0.6) is 11.5 Å². The lowest BCUT2D eigenvalue weighted by Gasteiger charge is -2.34. The molecule has 6 nitrogen and oxygen atoms in total. The molecule has 0 saturated heterocycles. The molecule has 6 heteroatoms. The number of ether oxygens (including phenoxy) is 1. The highest BCUT2D eigenvalue weighted by molar-refractivity contribution is 5.94. The number of fused-ring (bicyclic) bond motifs is 1. The molecule has 0 aromatic heterocycles. The average Bonchev–Trinajstić information content (AvgIpc) is 2.76. The van der Waals surface area contributed by atoms with Crippen molar-refractivity contribution in [1.82, 2.24) is 4.90 Å². The number of hydrogen-bond acceptors (Lipinski definition) is 4. The van der Waals surface area contributed by atoms with E-state index in [-0.39, 0.29) is 12.5 Å². The summed E-state index contributed by atoms with van der Waals surface area (Å²) >= 11 is 0. The molecule has 0 radical (unpaired) electrons. The van der Waals surface area contributed by atoms with Gasteiger partial charge in [0, 0.05) is 6.54 Å². The van der Waals surface area contributed by atoms with Gasteiger partial charge in [-0.15, -0.1) is 0 Å². The first kappa shape index (κ1) is 20.6. The van der Waals surface area contributed by atoms with Crippen molar-refractivity contribution < 1.29 is 14.3 Å². The van der Waals surface area contributed by atoms with E-state index >= 15 is 0 Å². The number of para-hydroxylation sites is 2. The summed E-state index contributed by atoms with van der Waals surface area (Å²) in [5.74, 6) is 0.583.